The smallest absolute Gasteiger partial charge is 0.0346 e. The lowest BCUT2D eigenvalue weighted by molar-refractivity contribution is 0.327. The lowest BCUT2D eigenvalue weighted by Gasteiger charge is -2.34. The maximum atomic E-state index is 4.47. The molecule has 2 atom stereocenters. The van der Waals surface area contributed by atoms with Crippen molar-refractivity contribution in [3.63, 3.8) is 0 Å². The molecule has 0 spiro atoms. The van der Waals surface area contributed by atoms with Gasteiger partial charge < -0.3 is 5.32 Å². The summed E-state index contributed by atoms with van der Waals surface area (Å²) < 4.78 is 0. The number of nitrogens with one attached hydrogen (secondary N) is 1. The summed E-state index contributed by atoms with van der Waals surface area (Å²) in [6, 6.07) is 13.4. The van der Waals surface area contributed by atoms with Crippen LogP contribution in [0.15, 0.2) is 54.9 Å². The Hall–Kier alpha value is -1.93. The van der Waals surface area contributed by atoms with Gasteiger partial charge in [0.25, 0.3) is 0 Å². The molecule has 4 rings (SSSR count). The molecule has 2 nitrogen and oxygen atoms in total. The lowest BCUT2D eigenvalue weighted by atomic mass is 9.79. The number of piperidine rings is 1. The molecule has 2 unspecified atom stereocenters. The first-order valence-electron chi connectivity index (χ1n) is 7.83. The van der Waals surface area contributed by atoms with Crippen molar-refractivity contribution in [2.24, 2.45) is 5.92 Å². The highest BCUT2D eigenvalue weighted by Crippen LogP contribution is 2.35. The summed E-state index contributed by atoms with van der Waals surface area (Å²) in [5, 5.41) is 3.60. The molecule has 2 heteroatoms. The highest BCUT2D eigenvalue weighted by molar-refractivity contribution is 5.72. The molecular formula is C19H20N2. The molecule has 2 heterocycles. The van der Waals surface area contributed by atoms with Crippen LogP contribution in [0.5, 0.6) is 0 Å². The second-order valence-corrected chi connectivity index (χ2v) is 6.18. The Morgan fingerprint density at radius 2 is 1.86 bits per heavy atom. The second kappa shape index (κ2) is 5.45. The van der Waals surface area contributed by atoms with Crippen molar-refractivity contribution < 1.29 is 0 Å². The largest absolute Gasteiger partial charge is 0.310 e. The van der Waals surface area contributed by atoms with E-state index in [1.165, 1.54) is 48.1 Å². The summed E-state index contributed by atoms with van der Waals surface area (Å²) in [5.41, 5.74) is 5.20. The zero-order chi connectivity index (χ0) is 14.1. The first-order chi connectivity index (χ1) is 10.4. The van der Waals surface area contributed by atoms with Crippen molar-refractivity contribution in [3.8, 4) is 11.1 Å². The number of pyridine rings is 1. The van der Waals surface area contributed by atoms with Crippen LogP contribution in [-0.4, -0.2) is 17.6 Å². The summed E-state index contributed by atoms with van der Waals surface area (Å²) >= 11 is 0. The number of rotatable bonds is 2. The monoisotopic (exact) mass is 276 g/mol. The van der Waals surface area contributed by atoms with E-state index in [9.17, 15) is 0 Å². The van der Waals surface area contributed by atoms with Gasteiger partial charge in [-0.3, -0.25) is 4.98 Å². The Labute approximate surface area is 125 Å². The van der Waals surface area contributed by atoms with E-state index in [2.05, 4.69) is 52.8 Å². The third kappa shape index (κ3) is 2.64. The number of aromatic nitrogens is 1. The van der Waals surface area contributed by atoms with Gasteiger partial charge in [0.05, 0.1) is 0 Å². The fraction of sp³-hybridized carbons (Fsp3) is 0.316. The molecule has 21 heavy (non-hydrogen) atoms. The molecule has 1 aliphatic heterocycles. The molecule has 0 radical (unpaired) electrons. The zero-order valence-corrected chi connectivity index (χ0v) is 12.1. The summed E-state index contributed by atoms with van der Waals surface area (Å²) in [7, 11) is 0. The fourth-order valence-corrected chi connectivity index (χ4v) is 3.59. The van der Waals surface area contributed by atoms with Gasteiger partial charge in [0.15, 0.2) is 0 Å². The zero-order valence-electron chi connectivity index (χ0n) is 12.1. The Balaban J connectivity index is 1.68. The van der Waals surface area contributed by atoms with Gasteiger partial charge in [-0.15, -0.1) is 0 Å². The van der Waals surface area contributed by atoms with Crippen LogP contribution in [0.3, 0.4) is 0 Å². The van der Waals surface area contributed by atoms with Gasteiger partial charge >= 0.3 is 0 Å². The molecule has 0 amide bonds. The number of allylic oxidation sites excluding steroid dienone is 1. The standard InChI is InChI=1S/C19H20N2/c1-2-4-15(5-3-1)17-10-18(13-20-12-17)16-8-14-6-7-21-19(9-14)11-16/h1-5,10-14,19,21H,6-9H2. The third-order valence-electron chi connectivity index (χ3n) is 4.67. The van der Waals surface area contributed by atoms with Crippen LogP contribution in [0.1, 0.15) is 24.8 Å². The molecule has 1 saturated heterocycles. The average Bonchev–Trinajstić information content (AvgIpc) is 2.55. The lowest BCUT2D eigenvalue weighted by Crippen LogP contribution is -2.39. The van der Waals surface area contributed by atoms with Crippen molar-refractivity contribution in [3.05, 3.63) is 60.4 Å². The number of fused-ring (bicyclic) bond motifs is 2. The quantitative estimate of drug-likeness (QED) is 0.899. The predicted molar refractivity (Wildman–Crippen MR) is 86.8 cm³/mol. The van der Waals surface area contributed by atoms with Crippen molar-refractivity contribution in [2.45, 2.75) is 25.3 Å². The van der Waals surface area contributed by atoms with Crippen LogP contribution in [0.2, 0.25) is 0 Å². The van der Waals surface area contributed by atoms with Gasteiger partial charge in [0.1, 0.15) is 0 Å². The number of benzene rings is 1. The van der Waals surface area contributed by atoms with Crippen molar-refractivity contribution in [2.75, 3.05) is 6.54 Å². The van der Waals surface area contributed by atoms with Crippen LogP contribution >= 0.6 is 0 Å². The van der Waals surface area contributed by atoms with E-state index in [-0.39, 0.29) is 0 Å². The summed E-state index contributed by atoms with van der Waals surface area (Å²) in [5.74, 6) is 0.844. The molecule has 1 aromatic heterocycles. The minimum atomic E-state index is 0.563. The molecular weight excluding hydrogens is 256 g/mol. The molecule has 0 saturated carbocycles. The Morgan fingerprint density at radius 3 is 2.71 bits per heavy atom. The number of nitrogens with zero attached hydrogens (tertiary/aromatic N) is 1. The topological polar surface area (TPSA) is 24.9 Å². The first kappa shape index (κ1) is 12.8. The van der Waals surface area contributed by atoms with E-state index in [1.807, 2.05) is 12.4 Å². The molecule has 1 N–H and O–H groups in total. The van der Waals surface area contributed by atoms with Gasteiger partial charge in [0, 0.05) is 24.0 Å². The van der Waals surface area contributed by atoms with Crippen molar-refractivity contribution in [1.82, 2.24) is 10.3 Å². The van der Waals surface area contributed by atoms with E-state index in [1.54, 1.807) is 0 Å². The number of hydrogen-bond donors (Lipinski definition) is 1. The van der Waals surface area contributed by atoms with E-state index in [0.717, 1.165) is 5.92 Å². The normalized spacial score (nSPS) is 24.5. The average molecular weight is 276 g/mol. The van der Waals surface area contributed by atoms with Gasteiger partial charge in [-0.2, -0.15) is 0 Å². The first-order valence-corrected chi connectivity index (χ1v) is 7.83. The van der Waals surface area contributed by atoms with Gasteiger partial charge in [-0.25, -0.2) is 0 Å². The van der Waals surface area contributed by atoms with Crippen LogP contribution in [0.4, 0.5) is 0 Å². The van der Waals surface area contributed by atoms with Gasteiger partial charge in [-0.1, -0.05) is 36.4 Å². The van der Waals surface area contributed by atoms with Gasteiger partial charge in [-0.05, 0) is 54.5 Å². The Kier molecular flexibility index (Phi) is 3.32. The molecule has 1 aromatic carbocycles. The van der Waals surface area contributed by atoms with E-state index in [0.29, 0.717) is 6.04 Å². The SMILES string of the molecule is C1=C(c2cncc(-c3ccccc3)c2)CC2CCNC1C2. The fourth-order valence-electron chi connectivity index (χ4n) is 3.59. The summed E-state index contributed by atoms with van der Waals surface area (Å²) in [6.07, 6.45) is 10.2. The van der Waals surface area contributed by atoms with Crippen LogP contribution in [0.25, 0.3) is 16.7 Å². The molecule has 106 valence electrons. The highest BCUT2D eigenvalue weighted by atomic mass is 14.9. The Morgan fingerprint density at radius 1 is 1.00 bits per heavy atom. The minimum Gasteiger partial charge on any atom is -0.310 e. The summed E-state index contributed by atoms with van der Waals surface area (Å²) in [6.45, 7) is 1.17. The minimum absolute atomic E-state index is 0.563. The number of hydrogen-bond acceptors (Lipinski definition) is 2. The second-order valence-electron chi connectivity index (χ2n) is 6.18. The molecule has 2 bridgehead atoms. The third-order valence-corrected chi connectivity index (χ3v) is 4.67. The van der Waals surface area contributed by atoms with Crippen LogP contribution in [-0.2, 0) is 0 Å². The maximum absolute atomic E-state index is 4.47. The van der Waals surface area contributed by atoms with E-state index in [4.69, 9.17) is 0 Å². The molecule has 2 aliphatic rings. The van der Waals surface area contributed by atoms with E-state index < -0.39 is 0 Å². The van der Waals surface area contributed by atoms with Crippen LogP contribution in [0, 0.1) is 5.92 Å². The van der Waals surface area contributed by atoms with Crippen molar-refractivity contribution in [1.29, 1.82) is 0 Å². The maximum Gasteiger partial charge on any atom is 0.0346 e. The molecule has 2 aromatic rings. The van der Waals surface area contributed by atoms with Gasteiger partial charge in [0.2, 0.25) is 0 Å². The highest BCUT2D eigenvalue weighted by Gasteiger charge is 2.26. The summed E-state index contributed by atoms with van der Waals surface area (Å²) in [4.78, 5) is 4.47. The van der Waals surface area contributed by atoms with Crippen molar-refractivity contribution >= 4 is 5.57 Å². The van der Waals surface area contributed by atoms with E-state index >= 15 is 0 Å². The molecule has 1 aliphatic carbocycles. The molecule has 1 fully saturated rings. The Bertz CT molecular complexity index is 660. The van der Waals surface area contributed by atoms with Crippen LogP contribution < -0.4 is 5.32 Å². The predicted octanol–water partition coefficient (Wildman–Crippen LogP) is 3.90.